The Kier molecular flexibility index (Phi) is 4.08. The average molecular weight is 311 g/mol. The van der Waals surface area contributed by atoms with Crippen molar-refractivity contribution in [1.82, 2.24) is 0 Å². The number of ether oxygens (including phenoxy) is 1. The van der Waals surface area contributed by atoms with Gasteiger partial charge in [0.25, 0.3) is 10.0 Å². The molecule has 1 aromatic carbocycles. The number of cyclic esters (lactones) is 1. The topological polar surface area (TPSA) is 149 Å². The number of carbonyl (C=O) groups excluding carboxylic acids is 1. The quantitative estimate of drug-likeness (QED) is 0.290. The van der Waals surface area contributed by atoms with Gasteiger partial charge in [-0.2, -0.15) is 13.5 Å². The lowest BCUT2D eigenvalue weighted by Gasteiger charge is -2.03. The van der Waals surface area contributed by atoms with Crippen LogP contribution < -0.4 is 16.9 Å². The van der Waals surface area contributed by atoms with Crippen molar-refractivity contribution in [3.63, 3.8) is 0 Å². The van der Waals surface area contributed by atoms with E-state index in [1.807, 2.05) is 0 Å². The van der Waals surface area contributed by atoms with Crippen LogP contribution in [0.3, 0.4) is 0 Å². The molecule has 0 saturated carbocycles. The van der Waals surface area contributed by atoms with Gasteiger partial charge in [-0.3, -0.25) is 5.43 Å². The normalized spacial score (nSPS) is 16.6. The Morgan fingerprint density at radius 1 is 1.24 bits per heavy atom. The van der Waals surface area contributed by atoms with E-state index in [0.29, 0.717) is 18.7 Å². The monoisotopic (exact) mass is 311 g/mol. The summed E-state index contributed by atoms with van der Waals surface area (Å²) in [5.74, 6) is -1.00. The van der Waals surface area contributed by atoms with Crippen LogP contribution in [0.15, 0.2) is 38.7 Å². The molecule has 0 radical (unpaired) electrons. The molecule has 1 aliphatic rings. The van der Waals surface area contributed by atoms with E-state index in [1.54, 1.807) is 0 Å². The Bertz CT molecular complexity index is 705. The van der Waals surface area contributed by atoms with E-state index in [-0.39, 0.29) is 10.6 Å². The van der Waals surface area contributed by atoms with Crippen LogP contribution >= 0.6 is 0 Å². The zero-order valence-electron chi connectivity index (χ0n) is 10.8. The van der Waals surface area contributed by atoms with Crippen LogP contribution in [-0.2, 0) is 19.6 Å². The Morgan fingerprint density at radius 2 is 1.90 bits per heavy atom. The molecule has 0 aromatic heterocycles. The fraction of sp³-hybridized carbons (Fsp3) is 0.182. The van der Waals surface area contributed by atoms with Crippen LogP contribution in [-0.4, -0.2) is 32.7 Å². The Labute approximate surface area is 120 Å². The molecule has 1 saturated heterocycles. The molecule has 1 aliphatic heterocycles. The Balaban J connectivity index is 2.13. The summed E-state index contributed by atoms with van der Waals surface area (Å²) in [6.07, 6.45) is 0.433. The molecule has 5 N–H and O–H groups in total. The molecule has 2 rings (SSSR count). The summed E-state index contributed by atoms with van der Waals surface area (Å²) >= 11 is 0. The molecule has 1 fully saturated rings. The van der Waals surface area contributed by atoms with Gasteiger partial charge in [-0.25, -0.2) is 4.79 Å². The Morgan fingerprint density at radius 3 is 2.43 bits per heavy atom. The first kappa shape index (κ1) is 14.8. The first-order chi connectivity index (χ1) is 9.88. The van der Waals surface area contributed by atoms with Crippen molar-refractivity contribution >= 4 is 33.4 Å². The number of nitrogens with two attached hydrogens (primary N) is 2. The van der Waals surface area contributed by atoms with Crippen LogP contribution in [0.2, 0.25) is 0 Å². The number of hydrogen-bond donors (Lipinski definition) is 3. The first-order valence-electron chi connectivity index (χ1n) is 5.84. The zero-order chi connectivity index (χ0) is 15.5. The fourth-order valence-electron chi connectivity index (χ4n) is 1.55. The molecule has 1 aromatic rings. The summed E-state index contributed by atoms with van der Waals surface area (Å²) in [5, 5.41) is 3.89. The van der Waals surface area contributed by atoms with Crippen molar-refractivity contribution in [1.29, 1.82) is 0 Å². The van der Waals surface area contributed by atoms with E-state index < -0.39 is 22.0 Å². The van der Waals surface area contributed by atoms with Gasteiger partial charge in [-0.15, -0.1) is 4.40 Å². The number of hydrogen-bond acceptors (Lipinski definition) is 6. The van der Waals surface area contributed by atoms with Gasteiger partial charge in [-0.05, 0) is 24.3 Å². The zero-order valence-corrected chi connectivity index (χ0v) is 11.6. The van der Waals surface area contributed by atoms with E-state index in [2.05, 4.69) is 14.9 Å². The molecule has 21 heavy (non-hydrogen) atoms. The number of nitrogens with zero attached hydrogens (tertiary/aromatic N) is 2. The third kappa shape index (κ3) is 3.69. The van der Waals surface area contributed by atoms with Crippen molar-refractivity contribution in [2.75, 3.05) is 12.0 Å². The van der Waals surface area contributed by atoms with E-state index in [1.165, 1.54) is 24.3 Å². The van der Waals surface area contributed by atoms with Crippen molar-refractivity contribution in [2.45, 2.75) is 11.3 Å². The van der Waals surface area contributed by atoms with Gasteiger partial charge < -0.3 is 16.2 Å². The number of guanidine groups is 1. The van der Waals surface area contributed by atoms with Gasteiger partial charge in [-0.1, -0.05) is 0 Å². The lowest BCUT2D eigenvalue weighted by atomic mass is 10.3. The number of hydrazone groups is 1. The van der Waals surface area contributed by atoms with Gasteiger partial charge in [0.15, 0.2) is 0 Å². The van der Waals surface area contributed by atoms with E-state index in [9.17, 15) is 13.2 Å². The van der Waals surface area contributed by atoms with Crippen LogP contribution in [0.25, 0.3) is 0 Å². The van der Waals surface area contributed by atoms with Crippen LogP contribution in [0, 0.1) is 0 Å². The molecule has 1 heterocycles. The summed E-state index contributed by atoms with van der Waals surface area (Å²) in [7, 11) is -3.92. The summed E-state index contributed by atoms with van der Waals surface area (Å²) in [4.78, 5) is 11.1. The number of nitrogens with one attached hydrogen (secondary N) is 1. The number of sulfonamides is 1. The summed E-state index contributed by atoms with van der Waals surface area (Å²) in [5.41, 5.74) is 13.5. The van der Waals surface area contributed by atoms with Crippen LogP contribution in [0.5, 0.6) is 0 Å². The highest BCUT2D eigenvalue weighted by molar-refractivity contribution is 7.90. The van der Waals surface area contributed by atoms with Gasteiger partial charge in [0.2, 0.25) is 5.96 Å². The van der Waals surface area contributed by atoms with Crippen molar-refractivity contribution in [3.8, 4) is 0 Å². The molecule has 10 heteroatoms. The van der Waals surface area contributed by atoms with Crippen LogP contribution in [0.1, 0.15) is 6.42 Å². The van der Waals surface area contributed by atoms with Gasteiger partial charge >= 0.3 is 5.97 Å². The smallest absolute Gasteiger partial charge is 0.354 e. The summed E-state index contributed by atoms with van der Waals surface area (Å²) in [6, 6.07) is 5.58. The largest absolute Gasteiger partial charge is 0.461 e. The molecule has 112 valence electrons. The number of benzene rings is 1. The predicted octanol–water partition coefficient (Wildman–Crippen LogP) is -0.637. The second kappa shape index (κ2) is 5.79. The maximum absolute atomic E-state index is 11.7. The third-order valence-corrected chi connectivity index (χ3v) is 3.82. The molecule has 0 atom stereocenters. The van der Waals surface area contributed by atoms with Crippen molar-refractivity contribution in [3.05, 3.63) is 24.3 Å². The van der Waals surface area contributed by atoms with Crippen LogP contribution in [0.4, 0.5) is 5.69 Å². The number of esters is 1. The van der Waals surface area contributed by atoms with Gasteiger partial charge in [0.1, 0.15) is 5.71 Å². The minimum absolute atomic E-state index is 0.0608. The lowest BCUT2D eigenvalue weighted by molar-refractivity contribution is -0.132. The van der Waals surface area contributed by atoms with E-state index >= 15 is 0 Å². The molecule has 0 bridgehead atoms. The summed E-state index contributed by atoms with van der Waals surface area (Å²) in [6.45, 7) is 0.315. The number of rotatable bonds is 4. The first-order valence-corrected chi connectivity index (χ1v) is 7.28. The van der Waals surface area contributed by atoms with Crippen molar-refractivity contribution < 1.29 is 17.9 Å². The fourth-order valence-corrected chi connectivity index (χ4v) is 2.42. The second-order valence-corrected chi connectivity index (χ2v) is 5.68. The van der Waals surface area contributed by atoms with Gasteiger partial charge in [0, 0.05) is 6.42 Å². The molecular formula is C11H13N5O4S. The molecule has 0 unspecified atom stereocenters. The molecule has 0 spiro atoms. The lowest BCUT2D eigenvalue weighted by Crippen LogP contribution is -2.24. The molecule has 9 nitrogen and oxygen atoms in total. The van der Waals surface area contributed by atoms with Crippen molar-refractivity contribution in [2.24, 2.45) is 21.0 Å². The maximum atomic E-state index is 11.7. The highest BCUT2D eigenvalue weighted by atomic mass is 32.2. The highest BCUT2D eigenvalue weighted by Gasteiger charge is 2.20. The number of carbonyl (C=O) groups is 1. The molecular weight excluding hydrogens is 298 g/mol. The highest BCUT2D eigenvalue weighted by Crippen LogP contribution is 2.16. The molecule has 0 aliphatic carbocycles. The third-order valence-electron chi connectivity index (χ3n) is 2.51. The second-order valence-electron chi connectivity index (χ2n) is 4.07. The summed E-state index contributed by atoms with van der Waals surface area (Å²) < 4.78 is 31.3. The standard InChI is InChI=1S/C11H13N5O4S/c12-11(13)16-21(18,19)8-3-1-7(2-4-8)14-15-9-5-6-20-10(9)17/h1-4,14H,5-6H2,(H4,12,13,16)/b15-9-. The predicted molar refractivity (Wildman–Crippen MR) is 76.1 cm³/mol. The van der Waals surface area contributed by atoms with E-state index in [4.69, 9.17) is 16.2 Å². The minimum Gasteiger partial charge on any atom is -0.461 e. The minimum atomic E-state index is -3.92. The average Bonchev–Trinajstić information content (AvgIpc) is 2.81. The molecule has 0 amide bonds. The Hall–Kier alpha value is -2.62. The maximum Gasteiger partial charge on any atom is 0.354 e. The SMILES string of the molecule is NC(N)=NS(=O)(=O)c1ccc(N/N=C2/CCOC2=O)cc1. The van der Waals surface area contributed by atoms with E-state index in [0.717, 1.165) is 0 Å². The number of anilines is 1. The van der Waals surface area contributed by atoms with Gasteiger partial charge in [0.05, 0.1) is 17.2 Å².